The average molecular weight is 287 g/mol. The van der Waals surface area contributed by atoms with Crippen LogP contribution in [0.4, 0.5) is 0 Å². The average Bonchev–Trinajstić information content (AvgIpc) is 2.34. The van der Waals surface area contributed by atoms with Gasteiger partial charge in [0.2, 0.25) is 10.0 Å². The molecule has 0 radical (unpaired) electrons. The van der Waals surface area contributed by atoms with Gasteiger partial charge in [-0.15, -0.1) is 0 Å². The molecule has 0 saturated carbocycles. The van der Waals surface area contributed by atoms with Crippen LogP contribution in [0.25, 0.3) is 0 Å². The van der Waals surface area contributed by atoms with Crippen molar-refractivity contribution in [2.24, 2.45) is 0 Å². The van der Waals surface area contributed by atoms with Crippen LogP contribution in [0.15, 0.2) is 23.1 Å². The highest BCUT2D eigenvalue weighted by Crippen LogP contribution is 2.16. The Morgan fingerprint density at radius 2 is 2.05 bits per heavy atom. The first-order valence-electron chi connectivity index (χ1n) is 5.60. The van der Waals surface area contributed by atoms with E-state index in [1.54, 1.807) is 19.1 Å². The standard InChI is InChI=1S/C12H17NO5S/c1-8-4-5-11(9(2)6-8)19(16,17)13-10(7-14)12(15)18-3/h4-6,10,13-14H,7H2,1-3H3. The number of sulfonamides is 1. The molecule has 2 N–H and O–H groups in total. The van der Waals surface area contributed by atoms with E-state index in [2.05, 4.69) is 9.46 Å². The third-order valence-electron chi connectivity index (χ3n) is 2.59. The molecule has 0 saturated heterocycles. The van der Waals surface area contributed by atoms with Crippen molar-refractivity contribution in [2.45, 2.75) is 24.8 Å². The zero-order valence-corrected chi connectivity index (χ0v) is 11.8. The minimum atomic E-state index is -3.88. The van der Waals surface area contributed by atoms with E-state index >= 15 is 0 Å². The number of carbonyl (C=O) groups excluding carboxylic acids is 1. The van der Waals surface area contributed by atoms with Crippen molar-refractivity contribution in [3.8, 4) is 0 Å². The number of aliphatic hydroxyl groups excluding tert-OH is 1. The number of nitrogens with one attached hydrogen (secondary N) is 1. The van der Waals surface area contributed by atoms with Gasteiger partial charge in [0, 0.05) is 0 Å². The molecule has 0 heterocycles. The lowest BCUT2D eigenvalue weighted by Crippen LogP contribution is -2.44. The lowest BCUT2D eigenvalue weighted by molar-refractivity contribution is -0.143. The van der Waals surface area contributed by atoms with Crippen LogP contribution in [-0.2, 0) is 19.6 Å². The fraction of sp³-hybridized carbons (Fsp3) is 0.417. The molecule has 7 heteroatoms. The Balaban J connectivity index is 3.07. The van der Waals surface area contributed by atoms with Crippen LogP contribution in [0.2, 0.25) is 0 Å². The topological polar surface area (TPSA) is 92.7 Å². The molecular weight excluding hydrogens is 270 g/mol. The summed E-state index contributed by atoms with van der Waals surface area (Å²) in [6, 6.07) is 3.53. The van der Waals surface area contributed by atoms with Gasteiger partial charge in [0.05, 0.1) is 18.6 Å². The van der Waals surface area contributed by atoms with Gasteiger partial charge in [-0.3, -0.25) is 4.79 Å². The summed E-state index contributed by atoms with van der Waals surface area (Å²) in [5.41, 5.74) is 1.50. The zero-order chi connectivity index (χ0) is 14.6. The van der Waals surface area contributed by atoms with Gasteiger partial charge in [0.25, 0.3) is 0 Å². The molecule has 6 nitrogen and oxygen atoms in total. The summed E-state index contributed by atoms with van der Waals surface area (Å²) in [6.07, 6.45) is 0. The first-order valence-corrected chi connectivity index (χ1v) is 7.08. The lowest BCUT2D eigenvalue weighted by atomic mass is 10.2. The molecular formula is C12H17NO5S. The smallest absolute Gasteiger partial charge is 0.326 e. The molecule has 0 aliphatic carbocycles. The predicted molar refractivity (Wildman–Crippen MR) is 69.1 cm³/mol. The molecule has 0 bridgehead atoms. The second kappa shape index (κ2) is 6.14. The van der Waals surface area contributed by atoms with Crippen LogP contribution in [0.1, 0.15) is 11.1 Å². The normalized spacial score (nSPS) is 13.1. The molecule has 19 heavy (non-hydrogen) atoms. The minimum Gasteiger partial charge on any atom is -0.468 e. The van der Waals surface area contributed by atoms with E-state index in [0.29, 0.717) is 5.56 Å². The van der Waals surface area contributed by atoms with Crippen LogP contribution in [0, 0.1) is 13.8 Å². The number of benzene rings is 1. The Kier molecular flexibility index (Phi) is 5.04. The van der Waals surface area contributed by atoms with E-state index in [4.69, 9.17) is 5.11 Å². The van der Waals surface area contributed by atoms with E-state index in [9.17, 15) is 13.2 Å². The van der Waals surface area contributed by atoms with Crippen molar-refractivity contribution < 1.29 is 23.1 Å². The molecule has 0 aromatic heterocycles. The molecule has 1 aromatic rings. The largest absolute Gasteiger partial charge is 0.468 e. The van der Waals surface area contributed by atoms with Gasteiger partial charge in [-0.1, -0.05) is 17.7 Å². The van der Waals surface area contributed by atoms with Crippen LogP contribution in [-0.4, -0.2) is 39.3 Å². The van der Waals surface area contributed by atoms with E-state index in [1.807, 2.05) is 6.92 Å². The van der Waals surface area contributed by atoms with Crippen molar-refractivity contribution in [3.63, 3.8) is 0 Å². The Hall–Kier alpha value is -1.44. The summed E-state index contributed by atoms with van der Waals surface area (Å²) < 4.78 is 30.8. The monoisotopic (exact) mass is 287 g/mol. The highest BCUT2D eigenvalue weighted by Gasteiger charge is 2.26. The van der Waals surface area contributed by atoms with Crippen LogP contribution in [0.3, 0.4) is 0 Å². The maximum atomic E-state index is 12.1. The SMILES string of the molecule is COC(=O)C(CO)NS(=O)(=O)c1ccc(C)cc1C. The second-order valence-corrected chi connectivity index (χ2v) is 5.83. The Labute approximate surface area is 112 Å². The van der Waals surface area contributed by atoms with Crippen LogP contribution >= 0.6 is 0 Å². The molecule has 1 unspecified atom stereocenters. The van der Waals surface area contributed by atoms with Crippen LogP contribution < -0.4 is 4.72 Å². The van der Waals surface area contributed by atoms with Gasteiger partial charge in [-0.05, 0) is 25.5 Å². The highest BCUT2D eigenvalue weighted by atomic mass is 32.2. The van der Waals surface area contributed by atoms with Gasteiger partial charge in [-0.25, -0.2) is 8.42 Å². The number of carbonyl (C=O) groups is 1. The number of hydrogen-bond donors (Lipinski definition) is 2. The Bertz CT molecular complexity index is 567. The fourth-order valence-electron chi connectivity index (χ4n) is 1.65. The summed E-state index contributed by atoms with van der Waals surface area (Å²) >= 11 is 0. The van der Waals surface area contributed by atoms with E-state index in [1.165, 1.54) is 6.07 Å². The van der Waals surface area contributed by atoms with Crippen molar-refractivity contribution in [1.82, 2.24) is 4.72 Å². The van der Waals surface area contributed by atoms with Gasteiger partial charge in [-0.2, -0.15) is 4.72 Å². The summed E-state index contributed by atoms with van der Waals surface area (Å²) in [4.78, 5) is 11.4. The van der Waals surface area contributed by atoms with E-state index in [-0.39, 0.29) is 4.90 Å². The summed E-state index contributed by atoms with van der Waals surface area (Å²) in [6.45, 7) is 2.84. The highest BCUT2D eigenvalue weighted by molar-refractivity contribution is 7.89. The summed E-state index contributed by atoms with van der Waals surface area (Å²) in [5, 5.41) is 9.02. The van der Waals surface area contributed by atoms with Crippen LogP contribution in [0.5, 0.6) is 0 Å². The third kappa shape index (κ3) is 3.76. The molecule has 0 spiro atoms. The van der Waals surface area contributed by atoms with Crippen molar-refractivity contribution >= 4 is 16.0 Å². The quantitative estimate of drug-likeness (QED) is 0.750. The molecule has 0 aliphatic heterocycles. The fourth-order valence-corrected chi connectivity index (χ4v) is 3.06. The first kappa shape index (κ1) is 15.6. The second-order valence-electron chi connectivity index (χ2n) is 4.15. The molecule has 106 valence electrons. The summed E-state index contributed by atoms with van der Waals surface area (Å²) in [7, 11) is -2.76. The molecule has 0 fully saturated rings. The maximum absolute atomic E-state index is 12.1. The van der Waals surface area contributed by atoms with Crippen molar-refractivity contribution in [3.05, 3.63) is 29.3 Å². The molecule has 0 aliphatic rings. The molecule has 1 rings (SSSR count). The number of methoxy groups -OCH3 is 1. The summed E-state index contributed by atoms with van der Waals surface area (Å²) in [5.74, 6) is -0.837. The number of aliphatic hydroxyl groups is 1. The number of rotatable bonds is 5. The number of ether oxygens (including phenoxy) is 1. The third-order valence-corrected chi connectivity index (χ3v) is 4.22. The Morgan fingerprint density at radius 3 is 2.53 bits per heavy atom. The number of hydrogen-bond acceptors (Lipinski definition) is 5. The van der Waals surface area contributed by atoms with E-state index in [0.717, 1.165) is 12.7 Å². The van der Waals surface area contributed by atoms with Crippen molar-refractivity contribution in [1.29, 1.82) is 0 Å². The number of esters is 1. The maximum Gasteiger partial charge on any atom is 0.326 e. The van der Waals surface area contributed by atoms with Gasteiger partial charge in [0.15, 0.2) is 0 Å². The van der Waals surface area contributed by atoms with Gasteiger partial charge < -0.3 is 9.84 Å². The zero-order valence-electron chi connectivity index (χ0n) is 11.0. The minimum absolute atomic E-state index is 0.0699. The van der Waals surface area contributed by atoms with Gasteiger partial charge in [0.1, 0.15) is 6.04 Å². The van der Waals surface area contributed by atoms with E-state index < -0.39 is 28.6 Å². The molecule has 1 atom stereocenters. The first-order chi connectivity index (χ1) is 8.81. The number of aryl methyl sites for hydroxylation is 2. The van der Waals surface area contributed by atoms with Gasteiger partial charge >= 0.3 is 5.97 Å². The molecule has 0 amide bonds. The Morgan fingerprint density at radius 1 is 1.42 bits per heavy atom. The predicted octanol–water partition coefficient (Wildman–Crippen LogP) is 0.116. The van der Waals surface area contributed by atoms with Crippen molar-refractivity contribution in [2.75, 3.05) is 13.7 Å². The lowest BCUT2D eigenvalue weighted by Gasteiger charge is -2.15. The molecule has 1 aromatic carbocycles.